The van der Waals surface area contributed by atoms with E-state index in [1.807, 2.05) is 53.1 Å². The fourth-order valence-electron chi connectivity index (χ4n) is 4.24. The van der Waals surface area contributed by atoms with Crippen LogP contribution >= 0.6 is 11.3 Å². The van der Waals surface area contributed by atoms with E-state index in [0.717, 1.165) is 62.1 Å². The van der Waals surface area contributed by atoms with Gasteiger partial charge in [0, 0.05) is 51.3 Å². The number of imidazole rings is 1. The second kappa shape index (κ2) is 10.1. The van der Waals surface area contributed by atoms with Gasteiger partial charge in [-0.25, -0.2) is 4.98 Å². The summed E-state index contributed by atoms with van der Waals surface area (Å²) in [5.41, 5.74) is 2.19. The zero-order chi connectivity index (χ0) is 22.5. The van der Waals surface area contributed by atoms with Crippen molar-refractivity contribution in [2.75, 3.05) is 26.2 Å². The summed E-state index contributed by atoms with van der Waals surface area (Å²) in [6.45, 7) is 5.24. The molecule has 1 aromatic carbocycles. The first-order valence-corrected chi connectivity index (χ1v) is 12.2. The minimum atomic E-state index is 0.128. The van der Waals surface area contributed by atoms with Crippen molar-refractivity contribution < 1.29 is 4.79 Å². The first-order valence-electron chi connectivity index (χ1n) is 11.4. The SMILES string of the molecule is O=C(Cn1ccc(-c2cccs2)n1)N1CCCN(Cc2nccn2Cc2ccccc2)CC1. The van der Waals surface area contributed by atoms with Gasteiger partial charge < -0.3 is 9.47 Å². The average Bonchev–Trinajstić information content (AvgIpc) is 3.56. The molecular formula is C25H28N6OS. The van der Waals surface area contributed by atoms with Gasteiger partial charge >= 0.3 is 0 Å². The molecule has 1 aliphatic heterocycles. The number of benzene rings is 1. The highest BCUT2D eigenvalue weighted by Crippen LogP contribution is 2.22. The minimum absolute atomic E-state index is 0.128. The second-order valence-corrected chi connectivity index (χ2v) is 9.29. The van der Waals surface area contributed by atoms with Crippen LogP contribution in [0.25, 0.3) is 10.6 Å². The minimum Gasteiger partial charge on any atom is -0.340 e. The van der Waals surface area contributed by atoms with Crippen LogP contribution in [0.2, 0.25) is 0 Å². The number of hydrogen-bond acceptors (Lipinski definition) is 5. The number of amides is 1. The standard InChI is InChI=1S/C25H28N6OS/c32-25(20-31-13-9-22(27-31)23-8-4-17-33-23)29-12-5-11-28(15-16-29)19-24-26-10-14-30(24)18-21-6-2-1-3-7-21/h1-4,6-10,13-14,17H,5,11-12,15-16,18-20H2. The molecule has 1 aliphatic rings. The van der Waals surface area contributed by atoms with Gasteiger partial charge in [0.2, 0.25) is 5.91 Å². The Hall–Kier alpha value is -3.23. The number of rotatable bonds is 7. The van der Waals surface area contributed by atoms with Crippen molar-refractivity contribution in [3.05, 3.63) is 83.9 Å². The number of nitrogens with zero attached hydrogens (tertiary/aromatic N) is 6. The molecule has 0 bridgehead atoms. The fraction of sp³-hybridized carbons (Fsp3) is 0.320. The summed E-state index contributed by atoms with van der Waals surface area (Å²) in [6.07, 6.45) is 6.78. The Bertz CT molecular complexity index is 1170. The van der Waals surface area contributed by atoms with Gasteiger partial charge in [-0.15, -0.1) is 11.3 Å². The Morgan fingerprint density at radius 3 is 2.70 bits per heavy atom. The molecule has 4 aromatic rings. The maximum absolute atomic E-state index is 12.9. The number of carbonyl (C=O) groups is 1. The van der Waals surface area contributed by atoms with Crippen molar-refractivity contribution in [1.82, 2.24) is 29.1 Å². The normalized spacial score (nSPS) is 15.0. The number of hydrogen-bond donors (Lipinski definition) is 0. The summed E-state index contributed by atoms with van der Waals surface area (Å²) in [4.78, 5) is 23.0. The van der Waals surface area contributed by atoms with Gasteiger partial charge in [-0.2, -0.15) is 5.10 Å². The van der Waals surface area contributed by atoms with Crippen LogP contribution in [0.3, 0.4) is 0 Å². The van der Waals surface area contributed by atoms with E-state index in [1.165, 1.54) is 5.56 Å². The van der Waals surface area contributed by atoms with Crippen LogP contribution in [0.4, 0.5) is 0 Å². The molecule has 0 saturated carbocycles. The van der Waals surface area contributed by atoms with E-state index >= 15 is 0 Å². The lowest BCUT2D eigenvalue weighted by Gasteiger charge is -2.22. The topological polar surface area (TPSA) is 59.2 Å². The molecule has 0 unspecified atom stereocenters. The van der Waals surface area contributed by atoms with Crippen molar-refractivity contribution >= 4 is 17.2 Å². The maximum Gasteiger partial charge on any atom is 0.244 e. The van der Waals surface area contributed by atoms with Crippen molar-refractivity contribution in [2.45, 2.75) is 26.1 Å². The van der Waals surface area contributed by atoms with Crippen LogP contribution in [0, 0.1) is 0 Å². The van der Waals surface area contributed by atoms with Gasteiger partial charge in [0.1, 0.15) is 18.1 Å². The third-order valence-electron chi connectivity index (χ3n) is 6.02. The van der Waals surface area contributed by atoms with Crippen LogP contribution in [-0.2, 0) is 24.4 Å². The summed E-state index contributed by atoms with van der Waals surface area (Å²) in [5.74, 6) is 1.19. The second-order valence-electron chi connectivity index (χ2n) is 8.34. The van der Waals surface area contributed by atoms with Crippen molar-refractivity contribution in [3.8, 4) is 10.6 Å². The molecular weight excluding hydrogens is 432 g/mol. The van der Waals surface area contributed by atoms with Crippen LogP contribution in [0.15, 0.2) is 72.5 Å². The lowest BCUT2D eigenvalue weighted by molar-refractivity contribution is -0.131. The molecule has 3 aromatic heterocycles. The van der Waals surface area contributed by atoms with Gasteiger partial charge in [-0.1, -0.05) is 36.4 Å². The zero-order valence-electron chi connectivity index (χ0n) is 18.6. The summed E-state index contributed by atoms with van der Waals surface area (Å²) in [5, 5.41) is 6.62. The quantitative estimate of drug-likeness (QED) is 0.423. The molecule has 0 spiro atoms. The van der Waals surface area contributed by atoms with E-state index < -0.39 is 0 Å². The lowest BCUT2D eigenvalue weighted by atomic mass is 10.2. The van der Waals surface area contributed by atoms with Crippen LogP contribution in [0.5, 0.6) is 0 Å². The Morgan fingerprint density at radius 1 is 0.939 bits per heavy atom. The summed E-state index contributed by atoms with van der Waals surface area (Å²) in [7, 11) is 0. The van der Waals surface area contributed by atoms with Crippen molar-refractivity contribution in [1.29, 1.82) is 0 Å². The highest BCUT2D eigenvalue weighted by Gasteiger charge is 2.21. The molecule has 8 heteroatoms. The predicted octanol–water partition coefficient (Wildman–Crippen LogP) is 3.59. The first kappa shape index (κ1) is 21.6. The molecule has 4 heterocycles. The van der Waals surface area contributed by atoms with E-state index in [-0.39, 0.29) is 12.5 Å². The van der Waals surface area contributed by atoms with Crippen LogP contribution in [-0.4, -0.2) is 61.2 Å². The number of thiophene rings is 1. The highest BCUT2D eigenvalue weighted by molar-refractivity contribution is 7.13. The van der Waals surface area contributed by atoms with E-state index in [0.29, 0.717) is 0 Å². The Labute approximate surface area is 197 Å². The number of aromatic nitrogens is 4. The first-order chi connectivity index (χ1) is 16.2. The molecule has 0 N–H and O–H groups in total. The summed E-state index contributed by atoms with van der Waals surface area (Å²) >= 11 is 1.66. The molecule has 1 fully saturated rings. The average molecular weight is 461 g/mol. The van der Waals surface area contributed by atoms with Gasteiger partial charge in [0.15, 0.2) is 0 Å². The van der Waals surface area contributed by atoms with Gasteiger partial charge in [0.05, 0.1) is 11.4 Å². The van der Waals surface area contributed by atoms with Crippen LogP contribution < -0.4 is 0 Å². The molecule has 0 atom stereocenters. The Kier molecular flexibility index (Phi) is 6.64. The lowest BCUT2D eigenvalue weighted by Crippen LogP contribution is -2.37. The van der Waals surface area contributed by atoms with Crippen molar-refractivity contribution in [3.63, 3.8) is 0 Å². The zero-order valence-corrected chi connectivity index (χ0v) is 19.4. The Morgan fingerprint density at radius 2 is 1.85 bits per heavy atom. The summed E-state index contributed by atoms with van der Waals surface area (Å²) < 4.78 is 3.96. The molecule has 33 heavy (non-hydrogen) atoms. The molecule has 1 saturated heterocycles. The van der Waals surface area contributed by atoms with E-state index in [1.54, 1.807) is 16.0 Å². The largest absolute Gasteiger partial charge is 0.340 e. The molecule has 0 radical (unpaired) electrons. The fourth-order valence-corrected chi connectivity index (χ4v) is 4.93. The third kappa shape index (κ3) is 5.40. The predicted molar refractivity (Wildman–Crippen MR) is 130 cm³/mol. The van der Waals surface area contributed by atoms with E-state index in [9.17, 15) is 4.79 Å². The molecule has 170 valence electrons. The Balaban J connectivity index is 1.15. The number of carbonyl (C=O) groups excluding carboxylic acids is 1. The molecule has 5 rings (SSSR count). The van der Waals surface area contributed by atoms with Gasteiger partial charge in [-0.3, -0.25) is 14.4 Å². The smallest absolute Gasteiger partial charge is 0.244 e. The molecule has 1 amide bonds. The highest BCUT2D eigenvalue weighted by atomic mass is 32.1. The van der Waals surface area contributed by atoms with Gasteiger partial charge in [0.25, 0.3) is 0 Å². The van der Waals surface area contributed by atoms with E-state index in [2.05, 4.69) is 43.8 Å². The molecule has 0 aliphatic carbocycles. The van der Waals surface area contributed by atoms with E-state index in [4.69, 9.17) is 0 Å². The third-order valence-corrected chi connectivity index (χ3v) is 6.91. The summed E-state index contributed by atoms with van der Waals surface area (Å²) in [6, 6.07) is 16.5. The monoisotopic (exact) mass is 460 g/mol. The van der Waals surface area contributed by atoms with Gasteiger partial charge in [-0.05, 0) is 29.5 Å². The van der Waals surface area contributed by atoms with Crippen LogP contribution in [0.1, 0.15) is 17.8 Å². The van der Waals surface area contributed by atoms with Crippen molar-refractivity contribution in [2.24, 2.45) is 0 Å². The molecule has 7 nitrogen and oxygen atoms in total. The maximum atomic E-state index is 12.9.